The highest BCUT2D eigenvalue weighted by molar-refractivity contribution is 7.99. The van der Waals surface area contributed by atoms with E-state index in [1.165, 1.54) is 21.8 Å². The molecule has 3 rings (SSSR count). The van der Waals surface area contributed by atoms with Gasteiger partial charge in [-0.3, -0.25) is 15.6 Å². The van der Waals surface area contributed by atoms with Crippen molar-refractivity contribution in [2.45, 2.75) is 31.1 Å². The van der Waals surface area contributed by atoms with Crippen LogP contribution < -0.4 is 16.2 Å². The van der Waals surface area contributed by atoms with Gasteiger partial charge in [-0.15, -0.1) is 23.1 Å². The van der Waals surface area contributed by atoms with E-state index in [4.69, 9.17) is 12.2 Å². The predicted octanol–water partition coefficient (Wildman–Crippen LogP) is 3.77. The van der Waals surface area contributed by atoms with Gasteiger partial charge in [0.15, 0.2) is 5.11 Å². The number of hydrogen-bond donors (Lipinski definition) is 3. The second-order valence-electron chi connectivity index (χ2n) is 6.40. The number of rotatable bonds is 5. The van der Waals surface area contributed by atoms with Gasteiger partial charge in [-0.25, -0.2) is 0 Å². The van der Waals surface area contributed by atoms with Crippen molar-refractivity contribution in [3.05, 3.63) is 51.7 Å². The van der Waals surface area contributed by atoms with Crippen LogP contribution in [0.25, 0.3) is 0 Å². The number of aryl methyl sites for hydroxylation is 1. The maximum Gasteiger partial charge on any atom is 0.279 e. The molecule has 1 aliphatic carbocycles. The van der Waals surface area contributed by atoms with Crippen LogP contribution in [0.4, 0.5) is 0 Å². The summed E-state index contributed by atoms with van der Waals surface area (Å²) in [4.78, 5) is 15.6. The Kier molecular flexibility index (Phi) is 6.93. The van der Waals surface area contributed by atoms with Gasteiger partial charge in [0.1, 0.15) is 0 Å². The summed E-state index contributed by atoms with van der Waals surface area (Å²) < 4.78 is 0. The zero-order valence-corrected chi connectivity index (χ0v) is 17.2. The lowest BCUT2D eigenvalue weighted by Crippen LogP contribution is -2.47. The molecule has 4 nitrogen and oxygen atoms in total. The summed E-state index contributed by atoms with van der Waals surface area (Å²) in [6.07, 6.45) is 3.37. The normalized spacial score (nSPS) is 15.8. The van der Waals surface area contributed by atoms with Gasteiger partial charge in [-0.1, -0.05) is 25.1 Å². The fraction of sp³-hybridized carbons (Fsp3) is 0.368. The highest BCUT2D eigenvalue weighted by atomic mass is 32.2. The van der Waals surface area contributed by atoms with E-state index in [0.717, 1.165) is 30.0 Å². The minimum Gasteiger partial charge on any atom is -0.361 e. The molecular formula is C19H23N3OS3. The van der Waals surface area contributed by atoms with Crippen molar-refractivity contribution in [1.82, 2.24) is 16.2 Å². The molecule has 26 heavy (non-hydrogen) atoms. The second-order valence-corrected chi connectivity index (χ2v) is 9.12. The zero-order chi connectivity index (χ0) is 18.4. The molecule has 1 aromatic heterocycles. The zero-order valence-electron chi connectivity index (χ0n) is 14.7. The van der Waals surface area contributed by atoms with Gasteiger partial charge in [0.05, 0.1) is 4.88 Å². The van der Waals surface area contributed by atoms with Gasteiger partial charge >= 0.3 is 0 Å². The van der Waals surface area contributed by atoms with Crippen molar-refractivity contribution in [1.29, 1.82) is 0 Å². The number of benzene rings is 1. The molecular weight excluding hydrogens is 382 g/mol. The third-order valence-corrected chi connectivity index (χ3v) is 6.74. The summed E-state index contributed by atoms with van der Waals surface area (Å²) in [6.45, 7) is 2.99. The monoisotopic (exact) mass is 405 g/mol. The van der Waals surface area contributed by atoms with Crippen molar-refractivity contribution in [2.75, 3.05) is 12.3 Å². The summed E-state index contributed by atoms with van der Waals surface area (Å²) in [5.41, 5.74) is 6.81. The van der Waals surface area contributed by atoms with Crippen molar-refractivity contribution < 1.29 is 4.79 Å². The molecule has 1 atom stereocenters. The maximum absolute atomic E-state index is 12.3. The lowest BCUT2D eigenvalue weighted by Gasteiger charge is -2.16. The van der Waals surface area contributed by atoms with Gasteiger partial charge in [-0.2, -0.15) is 0 Å². The third kappa shape index (κ3) is 5.46. The molecule has 1 aromatic carbocycles. The van der Waals surface area contributed by atoms with E-state index in [1.54, 1.807) is 23.1 Å². The quantitative estimate of drug-likeness (QED) is 0.306. The summed E-state index contributed by atoms with van der Waals surface area (Å²) in [6, 6.07) is 12.3. The molecule has 0 aliphatic heterocycles. The number of thiophene rings is 1. The Bertz CT molecular complexity index is 761. The molecule has 0 saturated carbocycles. The highest BCUT2D eigenvalue weighted by Crippen LogP contribution is 2.32. The number of amides is 1. The van der Waals surface area contributed by atoms with Gasteiger partial charge in [0.2, 0.25) is 0 Å². The van der Waals surface area contributed by atoms with E-state index in [-0.39, 0.29) is 5.91 Å². The predicted molar refractivity (Wildman–Crippen MR) is 114 cm³/mol. The number of carbonyl (C=O) groups is 1. The Labute approximate surface area is 168 Å². The average molecular weight is 406 g/mol. The van der Waals surface area contributed by atoms with Crippen LogP contribution in [0, 0.1) is 5.92 Å². The van der Waals surface area contributed by atoms with Gasteiger partial charge in [-0.05, 0) is 61.2 Å². The molecule has 0 spiro atoms. The summed E-state index contributed by atoms with van der Waals surface area (Å²) >= 11 is 8.57. The minimum atomic E-state index is -0.125. The molecule has 1 amide bonds. The van der Waals surface area contributed by atoms with Crippen molar-refractivity contribution in [3.8, 4) is 0 Å². The largest absolute Gasteiger partial charge is 0.361 e. The van der Waals surface area contributed by atoms with Crippen molar-refractivity contribution >= 4 is 46.3 Å². The molecule has 0 saturated heterocycles. The number of thioether (sulfide) groups is 1. The van der Waals surface area contributed by atoms with E-state index < -0.39 is 0 Å². The first-order valence-corrected chi connectivity index (χ1v) is 11.0. The second kappa shape index (κ2) is 9.39. The van der Waals surface area contributed by atoms with Crippen LogP contribution in [0.5, 0.6) is 0 Å². The van der Waals surface area contributed by atoms with Gasteiger partial charge < -0.3 is 5.32 Å². The molecule has 138 valence electrons. The Hall–Kier alpha value is -1.57. The lowest BCUT2D eigenvalue weighted by molar-refractivity contribution is 0.0947. The SMILES string of the molecule is C[C@@H]1CCc2sc(C(=O)NNC(=S)NCCSc3ccccc3)cc2C1. The standard InChI is InChI=1S/C19H23N3OS3/c1-13-7-8-16-14(11-13)12-17(26-16)18(23)21-22-19(24)20-9-10-25-15-5-3-2-4-6-15/h2-6,12-13H,7-11H2,1H3,(H,21,23)(H2,20,22,24)/t13-/m1/s1. The van der Waals surface area contributed by atoms with Crippen LogP contribution in [0.15, 0.2) is 41.3 Å². The Balaban J connectivity index is 1.37. The van der Waals surface area contributed by atoms with Crippen LogP contribution in [-0.4, -0.2) is 23.3 Å². The van der Waals surface area contributed by atoms with Crippen molar-refractivity contribution in [2.24, 2.45) is 5.92 Å². The Morgan fingerprint density at radius 2 is 2.12 bits per heavy atom. The number of carbonyl (C=O) groups excluding carboxylic acids is 1. The molecule has 0 fully saturated rings. The molecule has 1 aliphatic rings. The number of nitrogens with one attached hydrogen (secondary N) is 3. The first kappa shape index (κ1) is 19.2. The van der Waals surface area contributed by atoms with Crippen molar-refractivity contribution in [3.63, 3.8) is 0 Å². The molecule has 0 unspecified atom stereocenters. The first-order valence-electron chi connectivity index (χ1n) is 8.75. The number of thiocarbonyl (C=S) groups is 1. The molecule has 3 N–H and O–H groups in total. The van der Waals surface area contributed by atoms with E-state index in [2.05, 4.69) is 35.2 Å². The molecule has 2 aromatic rings. The van der Waals surface area contributed by atoms with Crippen LogP contribution >= 0.6 is 35.3 Å². The lowest BCUT2D eigenvalue weighted by atomic mass is 9.90. The Morgan fingerprint density at radius 1 is 1.31 bits per heavy atom. The highest BCUT2D eigenvalue weighted by Gasteiger charge is 2.20. The molecule has 7 heteroatoms. The summed E-state index contributed by atoms with van der Waals surface area (Å²) in [5, 5.41) is 3.54. The van der Waals surface area contributed by atoms with Gasteiger partial charge in [0, 0.05) is 22.1 Å². The van der Waals surface area contributed by atoms with E-state index in [0.29, 0.717) is 11.0 Å². The van der Waals surface area contributed by atoms with Crippen LogP contribution in [-0.2, 0) is 12.8 Å². The third-order valence-electron chi connectivity index (χ3n) is 4.24. The first-order chi connectivity index (χ1) is 12.6. The fourth-order valence-corrected chi connectivity index (χ4v) is 4.93. The van der Waals surface area contributed by atoms with Crippen LogP contribution in [0.3, 0.4) is 0 Å². The average Bonchev–Trinajstić information content (AvgIpc) is 3.07. The summed E-state index contributed by atoms with van der Waals surface area (Å²) in [5.74, 6) is 1.48. The van der Waals surface area contributed by atoms with Crippen LogP contribution in [0.1, 0.15) is 33.5 Å². The number of hydrazine groups is 1. The van der Waals surface area contributed by atoms with E-state index in [9.17, 15) is 4.79 Å². The maximum atomic E-state index is 12.3. The smallest absolute Gasteiger partial charge is 0.279 e. The Morgan fingerprint density at radius 3 is 2.92 bits per heavy atom. The number of fused-ring (bicyclic) bond motifs is 1. The summed E-state index contributed by atoms with van der Waals surface area (Å²) in [7, 11) is 0. The van der Waals surface area contributed by atoms with Crippen LogP contribution in [0.2, 0.25) is 0 Å². The topological polar surface area (TPSA) is 53.2 Å². The molecule has 0 bridgehead atoms. The van der Waals surface area contributed by atoms with Gasteiger partial charge in [0.25, 0.3) is 5.91 Å². The molecule has 1 heterocycles. The fourth-order valence-electron chi connectivity index (χ4n) is 2.89. The number of hydrogen-bond acceptors (Lipinski definition) is 4. The van der Waals surface area contributed by atoms with E-state index in [1.807, 2.05) is 24.3 Å². The molecule has 0 radical (unpaired) electrons. The minimum absolute atomic E-state index is 0.125. The van der Waals surface area contributed by atoms with E-state index >= 15 is 0 Å².